The van der Waals surface area contributed by atoms with E-state index in [-0.39, 0.29) is 12.2 Å². The average Bonchev–Trinajstić information content (AvgIpc) is 2.66. The smallest absolute Gasteiger partial charge is 0.326 e. The summed E-state index contributed by atoms with van der Waals surface area (Å²) in [6.07, 6.45) is -0.0957. The summed E-state index contributed by atoms with van der Waals surface area (Å²) < 4.78 is 0. The number of carbonyl (C=O) groups is 5. The summed E-state index contributed by atoms with van der Waals surface area (Å²) in [6.45, 7) is 1.21. The molecule has 0 aromatic carbocycles. The van der Waals surface area contributed by atoms with Crippen LogP contribution < -0.4 is 27.4 Å². The van der Waals surface area contributed by atoms with Crippen LogP contribution in [0.15, 0.2) is 0 Å². The molecule has 0 saturated heterocycles. The van der Waals surface area contributed by atoms with Gasteiger partial charge >= 0.3 is 5.97 Å². The summed E-state index contributed by atoms with van der Waals surface area (Å²) in [4.78, 5) is 59.5. The Labute approximate surface area is 183 Å². The van der Waals surface area contributed by atoms with Gasteiger partial charge in [0.15, 0.2) is 0 Å². The molecule has 30 heavy (non-hydrogen) atoms. The Hall–Kier alpha value is -2.03. The number of primary amides is 1. The molecule has 0 fully saturated rings. The second-order valence-electron chi connectivity index (χ2n) is 6.43. The molecule has 0 radical (unpaired) electrons. The zero-order valence-electron chi connectivity index (χ0n) is 16.7. The number of nitrogens with one attached hydrogen (secondary N) is 3. The number of thioether (sulfide) groups is 1. The predicted octanol–water partition coefficient (Wildman–Crippen LogP) is -3.21. The third-order valence-electron chi connectivity index (χ3n) is 3.86. The average molecular weight is 468 g/mol. The Morgan fingerprint density at radius 2 is 1.60 bits per heavy atom. The lowest BCUT2D eigenvalue weighted by Gasteiger charge is -2.26. The molecule has 5 unspecified atom stereocenters. The fraction of sp³-hybridized carbons (Fsp3) is 0.688. The first kappa shape index (κ1) is 28.0. The van der Waals surface area contributed by atoms with E-state index in [1.54, 1.807) is 6.26 Å². The van der Waals surface area contributed by atoms with Crippen LogP contribution in [0.3, 0.4) is 0 Å². The predicted molar refractivity (Wildman–Crippen MR) is 114 cm³/mol. The van der Waals surface area contributed by atoms with Crippen molar-refractivity contribution in [1.29, 1.82) is 0 Å². The molecule has 172 valence electrons. The van der Waals surface area contributed by atoms with Crippen molar-refractivity contribution in [3.05, 3.63) is 0 Å². The van der Waals surface area contributed by atoms with Gasteiger partial charge in [-0.25, -0.2) is 4.79 Å². The Balaban J connectivity index is 5.35. The molecule has 0 aliphatic rings. The first-order valence-electron chi connectivity index (χ1n) is 8.90. The topological polar surface area (TPSA) is 214 Å². The summed E-state index contributed by atoms with van der Waals surface area (Å²) in [5.74, 6) is -4.44. The van der Waals surface area contributed by atoms with Gasteiger partial charge in [-0.05, 0) is 25.4 Å². The van der Waals surface area contributed by atoms with Crippen molar-refractivity contribution >= 4 is 54.0 Å². The molecule has 0 bridgehead atoms. The summed E-state index contributed by atoms with van der Waals surface area (Å²) in [7, 11) is 0. The summed E-state index contributed by atoms with van der Waals surface area (Å²) >= 11 is 5.25. The second kappa shape index (κ2) is 14.1. The number of carboxylic acids is 1. The van der Waals surface area contributed by atoms with Crippen molar-refractivity contribution in [3.63, 3.8) is 0 Å². The molecule has 0 rings (SSSR count). The molecule has 0 heterocycles. The van der Waals surface area contributed by atoms with E-state index in [9.17, 15) is 34.2 Å². The maximum absolute atomic E-state index is 12.5. The molecule has 0 aliphatic heterocycles. The Morgan fingerprint density at radius 1 is 1.03 bits per heavy atom. The first-order valence-corrected chi connectivity index (χ1v) is 10.9. The standard InChI is InChI=1S/C16H29N5O7S2/c1-7(22)12(15(26)19-9(16(27)28)3-4-30-2)21-14(25)10(5-11(18)23)20-13(24)8(17)6-29/h7-10,12,22,29H,3-6,17H2,1-2H3,(H2,18,23)(H,19,26)(H,20,24)(H,21,25)(H,27,28). The van der Waals surface area contributed by atoms with Crippen molar-refractivity contribution < 1.29 is 34.2 Å². The maximum atomic E-state index is 12.5. The molecular weight excluding hydrogens is 438 g/mol. The minimum absolute atomic E-state index is 0.0257. The number of nitrogens with two attached hydrogens (primary N) is 2. The third-order valence-corrected chi connectivity index (χ3v) is 4.90. The van der Waals surface area contributed by atoms with E-state index in [1.165, 1.54) is 18.7 Å². The van der Waals surface area contributed by atoms with E-state index >= 15 is 0 Å². The van der Waals surface area contributed by atoms with Gasteiger partial charge in [-0.3, -0.25) is 19.2 Å². The second-order valence-corrected chi connectivity index (χ2v) is 7.78. The number of thiol groups is 1. The third kappa shape index (κ3) is 10.1. The number of hydrogen-bond donors (Lipinski definition) is 8. The molecule has 0 spiro atoms. The summed E-state index contributed by atoms with van der Waals surface area (Å²) in [6, 6.07) is -5.28. The highest BCUT2D eigenvalue weighted by atomic mass is 32.2. The van der Waals surface area contributed by atoms with Gasteiger partial charge in [0, 0.05) is 5.75 Å². The number of rotatable bonds is 14. The highest BCUT2D eigenvalue weighted by Gasteiger charge is 2.33. The maximum Gasteiger partial charge on any atom is 0.326 e. The first-order chi connectivity index (χ1) is 13.9. The number of aliphatic hydroxyl groups excluding tert-OH is 1. The fourth-order valence-electron chi connectivity index (χ4n) is 2.19. The van der Waals surface area contributed by atoms with Crippen molar-refractivity contribution in [1.82, 2.24) is 16.0 Å². The number of amides is 4. The lowest BCUT2D eigenvalue weighted by molar-refractivity contribution is -0.143. The summed E-state index contributed by atoms with van der Waals surface area (Å²) in [5, 5.41) is 25.8. The number of carbonyl (C=O) groups excluding carboxylic acids is 4. The van der Waals surface area contributed by atoms with Crippen LogP contribution in [0.1, 0.15) is 19.8 Å². The van der Waals surface area contributed by atoms with Gasteiger partial charge in [0.25, 0.3) is 0 Å². The van der Waals surface area contributed by atoms with Gasteiger partial charge in [0.05, 0.1) is 18.6 Å². The highest BCUT2D eigenvalue weighted by Crippen LogP contribution is 2.04. The molecule has 14 heteroatoms. The molecule has 5 atom stereocenters. The van der Waals surface area contributed by atoms with E-state index in [2.05, 4.69) is 28.6 Å². The van der Waals surface area contributed by atoms with Crippen molar-refractivity contribution in [2.75, 3.05) is 17.8 Å². The van der Waals surface area contributed by atoms with Crippen LogP contribution >= 0.6 is 24.4 Å². The lowest BCUT2D eigenvalue weighted by Crippen LogP contribution is -2.60. The van der Waals surface area contributed by atoms with Gasteiger partial charge < -0.3 is 37.6 Å². The number of aliphatic carboxylic acids is 1. The van der Waals surface area contributed by atoms with Crippen LogP contribution in [-0.4, -0.2) is 87.8 Å². The van der Waals surface area contributed by atoms with E-state index in [4.69, 9.17) is 11.5 Å². The minimum Gasteiger partial charge on any atom is -0.480 e. The van der Waals surface area contributed by atoms with Crippen LogP contribution in [0.25, 0.3) is 0 Å². The Kier molecular flexibility index (Phi) is 13.1. The van der Waals surface area contributed by atoms with Crippen molar-refractivity contribution in [2.45, 2.75) is 50.0 Å². The van der Waals surface area contributed by atoms with E-state index < -0.39 is 66.3 Å². The quantitative estimate of drug-likeness (QED) is 0.120. The van der Waals surface area contributed by atoms with Gasteiger partial charge in [0.1, 0.15) is 18.1 Å². The van der Waals surface area contributed by atoms with E-state index in [0.717, 1.165) is 0 Å². The van der Waals surface area contributed by atoms with E-state index in [1.807, 2.05) is 0 Å². The molecule has 9 N–H and O–H groups in total. The highest BCUT2D eigenvalue weighted by molar-refractivity contribution is 7.98. The Bertz CT molecular complexity index is 635. The van der Waals surface area contributed by atoms with Crippen LogP contribution in [0, 0.1) is 0 Å². The lowest BCUT2D eigenvalue weighted by atomic mass is 10.1. The van der Waals surface area contributed by atoms with Gasteiger partial charge in [-0.2, -0.15) is 24.4 Å². The van der Waals surface area contributed by atoms with Crippen LogP contribution in [0.4, 0.5) is 0 Å². The monoisotopic (exact) mass is 467 g/mol. The zero-order valence-corrected chi connectivity index (χ0v) is 18.4. The van der Waals surface area contributed by atoms with Gasteiger partial charge in [-0.1, -0.05) is 0 Å². The van der Waals surface area contributed by atoms with Crippen LogP contribution in [0.2, 0.25) is 0 Å². The number of hydrogen-bond acceptors (Lipinski definition) is 9. The van der Waals surface area contributed by atoms with E-state index in [0.29, 0.717) is 5.75 Å². The molecule has 0 aliphatic carbocycles. The van der Waals surface area contributed by atoms with Crippen LogP contribution in [0.5, 0.6) is 0 Å². The van der Waals surface area contributed by atoms with Crippen LogP contribution in [-0.2, 0) is 24.0 Å². The summed E-state index contributed by atoms with van der Waals surface area (Å²) in [5.41, 5.74) is 10.6. The number of aliphatic hydroxyl groups is 1. The molecular formula is C16H29N5O7S2. The Morgan fingerprint density at radius 3 is 2.03 bits per heavy atom. The zero-order chi connectivity index (χ0) is 23.4. The van der Waals surface area contributed by atoms with Gasteiger partial charge in [-0.15, -0.1) is 0 Å². The molecule has 0 aromatic rings. The largest absolute Gasteiger partial charge is 0.480 e. The molecule has 12 nitrogen and oxygen atoms in total. The molecule has 4 amide bonds. The molecule has 0 saturated carbocycles. The minimum atomic E-state index is -1.54. The number of carboxylic acid groups (broad SMARTS) is 1. The van der Waals surface area contributed by atoms with Crippen molar-refractivity contribution in [3.8, 4) is 0 Å². The van der Waals surface area contributed by atoms with Crippen molar-refractivity contribution in [2.24, 2.45) is 11.5 Å². The fourth-order valence-corrected chi connectivity index (χ4v) is 2.82. The SMILES string of the molecule is CSCCC(NC(=O)C(NC(=O)C(CC(N)=O)NC(=O)C(N)CS)C(C)O)C(=O)O. The normalized spacial score (nSPS) is 15.8. The van der Waals surface area contributed by atoms with Gasteiger partial charge in [0.2, 0.25) is 23.6 Å². The molecule has 0 aromatic heterocycles.